The number of non-ortho nitro benzene ring substituents is 1. The molecule has 3 rings (SSSR count). The van der Waals surface area contributed by atoms with Crippen LogP contribution in [-0.4, -0.2) is 41.9 Å². The fourth-order valence-electron chi connectivity index (χ4n) is 3.28. The van der Waals surface area contributed by atoms with E-state index in [1.165, 1.54) is 23.9 Å². The molecule has 154 valence electrons. The molecule has 0 radical (unpaired) electrons. The Labute approximate surface area is 174 Å². The third kappa shape index (κ3) is 5.87. The van der Waals surface area contributed by atoms with Crippen LogP contribution in [0.5, 0.6) is 5.75 Å². The van der Waals surface area contributed by atoms with Crippen molar-refractivity contribution in [3.05, 3.63) is 64.2 Å². The fraction of sp³-hybridized carbons (Fsp3) is 0.381. The number of nitro benzene ring substituents is 1. The van der Waals surface area contributed by atoms with E-state index in [0.717, 1.165) is 23.3 Å². The predicted octanol–water partition coefficient (Wildman–Crippen LogP) is 4.74. The Bertz CT molecular complexity index is 846. The van der Waals surface area contributed by atoms with Crippen LogP contribution in [0.3, 0.4) is 0 Å². The predicted molar refractivity (Wildman–Crippen MR) is 111 cm³/mol. The Morgan fingerprint density at radius 1 is 1.28 bits per heavy atom. The maximum absolute atomic E-state index is 12.4. The summed E-state index contributed by atoms with van der Waals surface area (Å²) in [7, 11) is 0. The zero-order chi connectivity index (χ0) is 20.6. The second-order valence-electron chi connectivity index (χ2n) is 6.90. The third-order valence-electron chi connectivity index (χ3n) is 4.81. The smallest absolute Gasteiger partial charge is 0.410 e. The van der Waals surface area contributed by atoms with Gasteiger partial charge in [-0.3, -0.25) is 10.1 Å². The molecule has 8 heteroatoms. The molecule has 1 heterocycles. The van der Waals surface area contributed by atoms with Gasteiger partial charge in [-0.25, -0.2) is 4.79 Å². The molecule has 0 aromatic heterocycles. The van der Waals surface area contributed by atoms with Crippen molar-refractivity contribution in [2.75, 3.05) is 26.0 Å². The number of nitrogens with zero attached hydrogens (tertiary/aromatic N) is 2. The number of thioether (sulfide) groups is 1. The van der Waals surface area contributed by atoms with Gasteiger partial charge >= 0.3 is 6.09 Å². The molecule has 1 fully saturated rings. The lowest BCUT2D eigenvalue weighted by molar-refractivity contribution is -0.385. The van der Waals surface area contributed by atoms with Gasteiger partial charge in [0.25, 0.3) is 5.69 Å². The zero-order valence-corrected chi connectivity index (χ0v) is 17.1. The van der Waals surface area contributed by atoms with Gasteiger partial charge in [-0.1, -0.05) is 30.3 Å². The average Bonchev–Trinajstić information content (AvgIpc) is 2.76. The number of piperidine rings is 1. The SMILES string of the molecule is CSc1ccc([N+](=O)[O-])cc1OCC1CCCN(C(=O)OCc2ccccc2)C1. The second-order valence-corrected chi connectivity index (χ2v) is 7.75. The highest BCUT2D eigenvalue weighted by Crippen LogP contribution is 2.32. The molecule has 1 aliphatic heterocycles. The lowest BCUT2D eigenvalue weighted by Gasteiger charge is -2.32. The largest absolute Gasteiger partial charge is 0.492 e. The van der Waals surface area contributed by atoms with Crippen LogP contribution in [0.25, 0.3) is 0 Å². The van der Waals surface area contributed by atoms with Crippen molar-refractivity contribution < 1.29 is 19.2 Å². The van der Waals surface area contributed by atoms with E-state index in [4.69, 9.17) is 9.47 Å². The Morgan fingerprint density at radius 2 is 2.07 bits per heavy atom. The number of hydrogen-bond acceptors (Lipinski definition) is 6. The third-order valence-corrected chi connectivity index (χ3v) is 5.59. The molecule has 0 saturated carbocycles. The lowest BCUT2D eigenvalue weighted by atomic mass is 9.99. The molecule has 29 heavy (non-hydrogen) atoms. The van der Waals surface area contributed by atoms with E-state index in [9.17, 15) is 14.9 Å². The van der Waals surface area contributed by atoms with Crippen molar-refractivity contribution in [3.63, 3.8) is 0 Å². The first kappa shape index (κ1) is 21.0. The van der Waals surface area contributed by atoms with E-state index in [1.54, 1.807) is 11.0 Å². The Kier molecular flexibility index (Phi) is 7.35. The van der Waals surface area contributed by atoms with E-state index in [0.29, 0.717) is 25.4 Å². The van der Waals surface area contributed by atoms with Gasteiger partial charge in [-0.2, -0.15) is 0 Å². The van der Waals surface area contributed by atoms with Gasteiger partial charge in [0.2, 0.25) is 0 Å². The summed E-state index contributed by atoms with van der Waals surface area (Å²) in [4.78, 5) is 25.6. The average molecular weight is 416 g/mol. The van der Waals surface area contributed by atoms with E-state index < -0.39 is 4.92 Å². The van der Waals surface area contributed by atoms with Crippen LogP contribution in [0, 0.1) is 16.0 Å². The number of nitro groups is 1. The monoisotopic (exact) mass is 416 g/mol. The molecule has 0 bridgehead atoms. The molecule has 1 aliphatic rings. The molecule has 0 aliphatic carbocycles. The highest BCUT2D eigenvalue weighted by Gasteiger charge is 2.25. The quantitative estimate of drug-likeness (QED) is 0.368. The van der Waals surface area contributed by atoms with Crippen molar-refractivity contribution in [2.45, 2.75) is 24.3 Å². The van der Waals surface area contributed by atoms with Gasteiger partial charge in [0.05, 0.1) is 17.6 Å². The van der Waals surface area contributed by atoms with Gasteiger partial charge in [-0.15, -0.1) is 11.8 Å². The minimum Gasteiger partial charge on any atom is -0.492 e. The summed E-state index contributed by atoms with van der Waals surface area (Å²) in [5.74, 6) is 0.664. The number of ether oxygens (including phenoxy) is 2. The van der Waals surface area contributed by atoms with Crippen LogP contribution in [0.1, 0.15) is 18.4 Å². The molecule has 0 spiro atoms. The Morgan fingerprint density at radius 3 is 2.79 bits per heavy atom. The highest BCUT2D eigenvalue weighted by molar-refractivity contribution is 7.98. The maximum atomic E-state index is 12.4. The number of amides is 1. The number of hydrogen-bond donors (Lipinski definition) is 0. The van der Waals surface area contributed by atoms with Crippen LogP contribution >= 0.6 is 11.8 Å². The lowest BCUT2D eigenvalue weighted by Crippen LogP contribution is -2.41. The fourth-order valence-corrected chi connectivity index (χ4v) is 3.80. The van der Waals surface area contributed by atoms with Crippen molar-refractivity contribution in [1.82, 2.24) is 4.90 Å². The first-order chi connectivity index (χ1) is 14.1. The Hall–Kier alpha value is -2.74. The summed E-state index contributed by atoms with van der Waals surface area (Å²) in [5, 5.41) is 11.0. The van der Waals surface area contributed by atoms with E-state index in [1.807, 2.05) is 36.6 Å². The normalized spacial score (nSPS) is 16.3. The standard InChI is InChI=1S/C21H24N2O5S/c1-29-20-10-9-18(23(25)26)12-19(20)27-15-17-8-5-11-22(13-17)21(24)28-14-16-6-3-2-4-7-16/h2-4,6-7,9-10,12,17H,5,8,11,13-15H2,1H3. The minimum absolute atomic E-state index is 0.00700. The second kappa shape index (κ2) is 10.2. The van der Waals surface area contributed by atoms with Crippen molar-refractivity contribution in [1.29, 1.82) is 0 Å². The molecule has 2 aromatic carbocycles. The number of rotatable bonds is 7. The topological polar surface area (TPSA) is 81.9 Å². The van der Waals surface area contributed by atoms with E-state index >= 15 is 0 Å². The molecular formula is C21H24N2O5S. The molecule has 7 nitrogen and oxygen atoms in total. The van der Waals surface area contributed by atoms with Gasteiger partial charge < -0.3 is 14.4 Å². The minimum atomic E-state index is -0.429. The van der Waals surface area contributed by atoms with Gasteiger partial charge in [0.15, 0.2) is 0 Å². The Balaban J connectivity index is 1.54. The molecule has 0 N–H and O–H groups in total. The van der Waals surface area contributed by atoms with Crippen molar-refractivity contribution in [3.8, 4) is 5.75 Å². The zero-order valence-electron chi connectivity index (χ0n) is 16.3. The van der Waals surface area contributed by atoms with Gasteiger partial charge in [0, 0.05) is 30.0 Å². The maximum Gasteiger partial charge on any atom is 0.410 e. The number of likely N-dealkylation sites (tertiary alicyclic amines) is 1. The molecule has 1 atom stereocenters. The first-order valence-corrected chi connectivity index (χ1v) is 10.7. The number of carbonyl (C=O) groups excluding carboxylic acids is 1. The van der Waals surface area contributed by atoms with E-state index in [-0.39, 0.29) is 24.3 Å². The molecule has 1 saturated heterocycles. The number of carbonyl (C=O) groups is 1. The summed E-state index contributed by atoms with van der Waals surface area (Å²) in [6, 6.07) is 14.2. The molecule has 1 amide bonds. The van der Waals surface area contributed by atoms with E-state index in [2.05, 4.69) is 0 Å². The molecule has 2 aromatic rings. The highest BCUT2D eigenvalue weighted by atomic mass is 32.2. The molecule has 1 unspecified atom stereocenters. The first-order valence-electron chi connectivity index (χ1n) is 9.47. The van der Waals surface area contributed by atoms with Crippen LogP contribution < -0.4 is 4.74 Å². The summed E-state index contributed by atoms with van der Waals surface area (Å²) < 4.78 is 11.3. The van der Waals surface area contributed by atoms with Gasteiger partial charge in [-0.05, 0) is 30.7 Å². The summed E-state index contributed by atoms with van der Waals surface area (Å²) in [6.07, 6.45) is 3.39. The van der Waals surface area contributed by atoms with Gasteiger partial charge in [0.1, 0.15) is 12.4 Å². The van der Waals surface area contributed by atoms with Crippen molar-refractivity contribution in [2.24, 2.45) is 5.92 Å². The summed E-state index contributed by atoms with van der Waals surface area (Å²) >= 11 is 1.48. The summed E-state index contributed by atoms with van der Waals surface area (Å²) in [5.41, 5.74) is 0.959. The number of benzene rings is 2. The molecular weight excluding hydrogens is 392 g/mol. The van der Waals surface area contributed by atoms with Crippen LogP contribution in [0.2, 0.25) is 0 Å². The van der Waals surface area contributed by atoms with Crippen LogP contribution in [-0.2, 0) is 11.3 Å². The van der Waals surface area contributed by atoms with Crippen LogP contribution in [0.4, 0.5) is 10.5 Å². The summed E-state index contributed by atoms with van der Waals surface area (Å²) in [6.45, 7) is 1.87. The van der Waals surface area contributed by atoms with Crippen molar-refractivity contribution >= 4 is 23.5 Å². The van der Waals surface area contributed by atoms with Crippen LogP contribution in [0.15, 0.2) is 53.4 Å².